The van der Waals surface area contributed by atoms with Crippen LogP contribution in [0.3, 0.4) is 0 Å². The smallest absolute Gasteiger partial charge is 0.225 e. The first-order valence-electron chi connectivity index (χ1n) is 8.15. The standard InChI is InChI=1S/C17H22N4O3S.ClH/c1-13-9-18-7-8-21(13)17-19-10-15(11-20-17)24-12-14-3-5-16(6-4-14)25(2,22)23;/h3-6,10-11,13,18H,7-9,12H2,1-2H3;1H. The number of nitrogens with zero attached hydrogens (tertiary/aromatic N) is 3. The Labute approximate surface area is 160 Å². The third-order valence-corrected chi connectivity index (χ3v) is 5.26. The third-order valence-electron chi connectivity index (χ3n) is 4.13. The summed E-state index contributed by atoms with van der Waals surface area (Å²) in [5.41, 5.74) is 0.882. The molecular formula is C17H23ClN4O3S. The number of nitrogens with one attached hydrogen (secondary N) is 1. The highest BCUT2D eigenvalue weighted by Crippen LogP contribution is 2.17. The Morgan fingerprint density at radius 2 is 1.88 bits per heavy atom. The van der Waals surface area contributed by atoms with Crippen LogP contribution in [0.5, 0.6) is 5.75 Å². The van der Waals surface area contributed by atoms with Gasteiger partial charge in [-0.3, -0.25) is 0 Å². The lowest BCUT2D eigenvalue weighted by Gasteiger charge is -2.33. The molecule has 7 nitrogen and oxygen atoms in total. The zero-order valence-electron chi connectivity index (χ0n) is 14.8. The SMILES string of the molecule is CC1CNCCN1c1ncc(OCc2ccc(S(C)(=O)=O)cc2)cn1.Cl. The Morgan fingerprint density at radius 1 is 1.23 bits per heavy atom. The fourth-order valence-corrected chi connectivity index (χ4v) is 3.30. The van der Waals surface area contributed by atoms with Gasteiger partial charge >= 0.3 is 0 Å². The van der Waals surface area contributed by atoms with E-state index in [0.29, 0.717) is 29.2 Å². The summed E-state index contributed by atoms with van der Waals surface area (Å²) in [4.78, 5) is 11.3. The Bertz CT molecular complexity index is 813. The Morgan fingerprint density at radius 3 is 2.46 bits per heavy atom. The number of anilines is 1. The molecule has 0 bridgehead atoms. The maximum Gasteiger partial charge on any atom is 0.225 e. The number of hydrogen-bond donors (Lipinski definition) is 1. The lowest BCUT2D eigenvalue weighted by molar-refractivity contribution is 0.303. The summed E-state index contributed by atoms with van der Waals surface area (Å²) in [7, 11) is -3.18. The van der Waals surface area contributed by atoms with Crippen LogP contribution in [0.1, 0.15) is 12.5 Å². The van der Waals surface area contributed by atoms with Crippen molar-refractivity contribution in [3.05, 3.63) is 42.2 Å². The van der Waals surface area contributed by atoms with Crippen LogP contribution < -0.4 is 15.0 Å². The van der Waals surface area contributed by atoms with Gasteiger partial charge in [-0.2, -0.15) is 0 Å². The maximum atomic E-state index is 11.5. The zero-order valence-corrected chi connectivity index (χ0v) is 16.4. The summed E-state index contributed by atoms with van der Waals surface area (Å²) in [6.07, 6.45) is 4.53. The van der Waals surface area contributed by atoms with Crippen LogP contribution in [0, 0.1) is 0 Å². The van der Waals surface area contributed by atoms with Crippen molar-refractivity contribution < 1.29 is 13.2 Å². The van der Waals surface area contributed by atoms with Crippen molar-refractivity contribution in [1.82, 2.24) is 15.3 Å². The molecule has 0 spiro atoms. The van der Waals surface area contributed by atoms with Crippen LogP contribution in [-0.2, 0) is 16.4 Å². The first-order chi connectivity index (χ1) is 11.9. The second-order valence-corrected chi connectivity index (χ2v) is 8.19. The van der Waals surface area contributed by atoms with Crippen molar-refractivity contribution >= 4 is 28.2 Å². The minimum atomic E-state index is -3.18. The zero-order chi connectivity index (χ0) is 17.9. The number of rotatable bonds is 5. The number of ether oxygens (including phenoxy) is 1. The molecule has 9 heteroatoms. The van der Waals surface area contributed by atoms with Gasteiger partial charge in [0.15, 0.2) is 15.6 Å². The van der Waals surface area contributed by atoms with Gasteiger partial charge in [0, 0.05) is 31.9 Å². The quantitative estimate of drug-likeness (QED) is 0.820. The summed E-state index contributed by atoms with van der Waals surface area (Å²) in [6.45, 7) is 5.20. The lowest BCUT2D eigenvalue weighted by Crippen LogP contribution is -2.50. The molecule has 1 fully saturated rings. The monoisotopic (exact) mass is 398 g/mol. The van der Waals surface area contributed by atoms with Gasteiger partial charge < -0.3 is 15.0 Å². The predicted molar refractivity (Wildman–Crippen MR) is 103 cm³/mol. The molecular weight excluding hydrogens is 376 g/mol. The number of aromatic nitrogens is 2. The molecule has 3 rings (SSSR count). The van der Waals surface area contributed by atoms with E-state index >= 15 is 0 Å². The number of sulfone groups is 1. The second-order valence-electron chi connectivity index (χ2n) is 6.17. The fourth-order valence-electron chi connectivity index (χ4n) is 2.67. The highest BCUT2D eigenvalue weighted by Gasteiger charge is 2.20. The van der Waals surface area contributed by atoms with Crippen molar-refractivity contribution in [2.45, 2.75) is 24.5 Å². The Balaban J connectivity index is 0.00000243. The fraction of sp³-hybridized carbons (Fsp3) is 0.412. The highest BCUT2D eigenvalue weighted by molar-refractivity contribution is 7.90. The molecule has 1 aliphatic heterocycles. The summed E-state index contributed by atoms with van der Waals surface area (Å²) in [6, 6.07) is 7.01. The molecule has 0 aliphatic carbocycles. The molecule has 26 heavy (non-hydrogen) atoms. The normalized spacial score (nSPS) is 17.5. The Hall–Kier alpha value is -1.90. The molecule has 2 aromatic rings. The molecule has 1 N–H and O–H groups in total. The molecule has 1 aliphatic rings. The van der Waals surface area contributed by atoms with Gasteiger partial charge in [0.2, 0.25) is 5.95 Å². The van der Waals surface area contributed by atoms with E-state index in [1.54, 1.807) is 36.7 Å². The molecule has 1 saturated heterocycles. The van der Waals surface area contributed by atoms with Crippen LogP contribution in [0.15, 0.2) is 41.6 Å². The molecule has 2 heterocycles. The van der Waals surface area contributed by atoms with Crippen molar-refractivity contribution in [2.75, 3.05) is 30.8 Å². The number of benzene rings is 1. The molecule has 0 amide bonds. The molecule has 0 saturated carbocycles. The van der Waals surface area contributed by atoms with Crippen LogP contribution in [0.25, 0.3) is 0 Å². The molecule has 1 unspecified atom stereocenters. The van der Waals surface area contributed by atoms with E-state index in [-0.39, 0.29) is 12.4 Å². The van der Waals surface area contributed by atoms with Crippen LogP contribution in [-0.4, -0.2) is 50.3 Å². The van der Waals surface area contributed by atoms with Gasteiger partial charge in [0.25, 0.3) is 0 Å². The average molecular weight is 399 g/mol. The van der Waals surface area contributed by atoms with Crippen LogP contribution in [0.4, 0.5) is 5.95 Å². The summed E-state index contributed by atoms with van der Waals surface area (Å²) < 4.78 is 28.6. The van der Waals surface area contributed by atoms with Crippen LogP contribution in [0.2, 0.25) is 0 Å². The van der Waals surface area contributed by atoms with Gasteiger partial charge in [-0.25, -0.2) is 18.4 Å². The number of hydrogen-bond acceptors (Lipinski definition) is 7. The minimum Gasteiger partial charge on any atom is -0.486 e. The van der Waals surface area contributed by atoms with Gasteiger partial charge in [-0.05, 0) is 24.6 Å². The summed E-state index contributed by atoms with van der Waals surface area (Å²) in [5.74, 6) is 1.29. The van der Waals surface area contributed by atoms with E-state index in [9.17, 15) is 8.42 Å². The number of piperazine rings is 1. The van der Waals surface area contributed by atoms with Crippen molar-refractivity contribution in [3.8, 4) is 5.75 Å². The van der Waals surface area contributed by atoms with Crippen LogP contribution >= 0.6 is 12.4 Å². The molecule has 1 aromatic carbocycles. The summed E-state index contributed by atoms with van der Waals surface area (Å²) >= 11 is 0. The lowest BCUT2D eigenvalue weighted by atomic mass is 10.2. The highest BCUT2D eigenvalue weighted by atomic mass is 35.5. The molecule has 0 radical (unpaired) electrons. The van der Waals surface area contributed by atoms with E-state index in [1.807, 2.05) is 0 Å². The van der Waals surface area contributed by atoms with Crippen molar-refractivity contribution in [3.63, 3.8) is 0 Å². The Kier molecular flexibility index (Phi) is 6.80. The van der Waals surface area contributed by atoms with Crippen molar-refractivity contribution in [1.29, 1.82) is 0 Å². The van der Waals surface area contributed by atoms with E-state index in [1.165, 1.54) is 6.26 Å². The largest absolute Gasteiger partial charge is 0.486 e. The predicted octanol–water partition coefficient (Wildman–Crippen LogP) is 1.68. The van der Waals surface area contributed by atoms with Crippen molar-refractivity contribution in [2.24, 2.45) is 0 Å². The molecule has 142 valence electrons. The van der Waals surface area contributed by atoms with Gasteiger partial charge in [-0.1, -0.05) is 12.1 Å². The molecule has 1 aromatic heterocycles. The van der Waals surface area contributed by atoms with Gasteiger partial charge in [0.1, 0.15) is 6.61 Å². The van der Waals surface area contributed by atoms with E-state index in [0.717, 1.165) is 25.2 Å². The topological polar surface area (TPSA) is 84.4 Å². The van der Waals surface area contributed by atoms with Gasteiger partial charge in [-0.15, -0.1) is 12.4 Å². The molecule has 1 atom stereocenters. The van der Waals surface area contributed by atoms with E-state index in [2.05, 4.69) is 27.1 Å². The second kappa shape index (κ2) is 8.66. The van der Waals surface area contributed by atoms with E-state index in [4.69, 9.17) is 4.74 Å². The first-order valence-corrected chi connectivity index (χ1v) is 10.0. The first kappa shape index (κ1) is 20.4. The average Bonchev–Trinajstić information content (AvgIpc) is 2.61. The summed E-state index contributed by atoms with van der Waals surface area (Å²) in [5, 5.41) is 3.34. The third kappa shape index (κ3) is 5.06. The van der Waals surface area contributed by atoms with Gasteiger partial charge in [0.05, 0.1) is 17.3 Å². The minimum absolute atomic E-state index is 0. The maximum absolute atomic E-state index is 11.5. The number of halogens is 1. The van der Waals surface area contributed by atoms with E-state index < -0.39 is 9.84 Å².